The molecule has 0 saturated carbocycles. The molecule has 0 aliphatic rings. The summed E-state index contributed by atoms with van der Waals surface area (Å²) in [5, 5.41) is 1.51. The van der Waals surface area contributed by atoms with Crippen molar-refractivity contribution in [3.8, 4) is 0 Å². The first-order valence-corrected chi connectivity index (χ1v) is 2.56. The van der Waals surface area contributed by atoms with Gasteiger partial charge in [0.05, 0.1) is 0 Å². The zero-order valence-electron chi connectivity index (χ0n) is 3.29. The van der Waals surface area contributed by atoms with E-state index >= 15 is 0 Å². The molecule has 0 aliphatic carbocycles. The minimum absolute atomic E-state index is 0.997. The Morgan fingerprint density at radius 1 is 1.86 bits per heavy atom. The van der Waals surface area contributed by atoms with E-state index in [1.165, 1.54) is 5.09 Å². The number of urea groups is 1. The first kappa shape index (κ1) is 6.33. The van der Waals surface area contributed by atoms with Gasteiger partial charge in [0.1, 0.15) is 0 Å². The number of hydrogen-bond donors (Lipinski definition) is 3. The van der Waals surface area contributed by atoms with Gasteiger partial charge in [0.2, 0.25) is 0 Å². The molecule has 0 aromatic heterocycles. The van der Waals surface area contributed by atoms with Crippen molar-refractivity contribution >= 4 is 14.2 Å². The fraction of sp³-hybridized carbons (Fsp3) is 0. The maximum atomic E-state index is 9.58. The van der Waals surface area contributed by atoms with Gasteiger partial charge >= 0.3 is 14.2 Å². The Balaban J connectivity index is 3.32. The number of amides is 2. The van der Waals surface area contributed by atoms with Crippen LogP contribution in [0.1, 0.15) is 0 Å². The SMILES string of the molecule is NC(=O)N[P+](=O)O. The van der Waals surface area contributed by atoms with Gasteiger partial charge in [-0.05, 0) is 4.57 Å². The van der Waals surface area contributed by atoms with Gasteiger partial charge in [0, 0.05) is 0 Å². The van der Waals surface area contributed by atoms with Crippen molar-refractivity contribution in [3.05, 3.63) is 0 Å². The molecule has 1 atom stereocenters. The molecule has 0 aromatic carbocycles. The van der Waals surface area contributed by atoms with E-state index in [0.29, 0.717) is 0 Å². The minimum atomic E-state index is -2.61. The van der Waals surface area contributed by atoms with Crippen LogP contribution < -0.4 is 10.8 Å². The number of carbonyl (C=O) groups excluding carboxylic acids is 1. The van der Waals surface area contributed by atoms with E-state index in [0.717, 1.165) is 0 Å². The number of carbonyl (C=O) groups is 1. The van der Waals surface area contributed by atoms with Gasteiger partial charge in [0.25, 0.3) is 0 Å². The Morgan fingerprint density at radius 3 is 2.29 bits per heavy atom. The molecule has 5 nitrogen and oxygen atoms in total. The molecule has 4 N–H and O–H groups in total. The normalized spacial score (nSPS) is 10.1. The molecule has 0 spiro atoms. The predicted octanol–water partition coefficient (Wildman–Crippen LogP) is -0.696. The minimum Gasteiger partial charge on any atom is -0.349 e. The van der Waals surface area contributed by atoms with Crippen LogP contribution in [-0.4, -0.2) is 10.9 Å². The van der Waals surface area contributed by atoms with Crippen molar-refractivity contribution in [2.24, 2.45) is 5.73 Å². The Kier molecular flexibility index (Phi) is 2.26. The van der Waals surface area contributed by atoms with Gasteiger partial charge in [-0.2, -0.15) is 0 Å². The van der Waals surface area contributed by atoms with Crippen molar-refractivity contribution in [2.75, 3.05) is 0 Å². The van der Waals surface area contributed by atoms with Crippen LogP contribution in [0.5, 0.6) is 0 Å². The van der Waals surface area contributed by atoms with E-state index in [2.05, 4.69) is 5.73 Å². The molecule has 0 aliphatic heterocycles. The Morgan fingerprint density at radius 2 is 2.29 bits per heavy atom. The van der Waals surface area contributed by atoms with Gasteiger partial charge in [-0.25, -0.2) is 4.79 Å². The average Bonchev–Trinajstić information content (AvgIpc) is 1.27. The van der Waals surface area contributed by atoms with Crippen LogP contribution in [0.4, 0.5) is 4.79 Å². The maximum Gasteiger partial charge on any atom is 0.644 e. The first-order chi connectivity index (χ1) is 3.13. The van der Waals surface area contributed by atoms with Crippen molar-refractivity contribution in [1.29, 1.82) is 0 Å². The van der Waals surface area contributed by atoms with E-state index in [1.807, 2.05) is 0 Å². The summed E-state index contributed by atoms with van der Waals surface area (Å²) in [6.45, 7) is 0. The highest BCUT2D eigenvalue weighted by Gasteiger charge is 2.10. The molecule has 0 radical (unpaired) electrons. The molecule has 0 rings (SSSR count). The first-order valence-electron chi connectivity index (χ1n) is 1.35. The third-order valence-electron chi connectivity index (χ3n) is 0.206. The van der Waals surface area contributed by atoms with E-state index in [4.69, 9.17) is 4.89 Å². The quantitative estimate of drug-likeness (QED) is 0.402. The Hall–Kier alpha value is -0.670. The van der Waals surface area contributed by atoms with Gasteiger partial charge in [0.15, 0.2) is 0 Å². The van der Waals surface area contributed by atoms with E-state index in [1.54, 1.807) is 0 Å². The van der Waals surface area contributed by atoms with Crippen LogP contribution in [-0.2, 0) is 4.57 Å². The number of nitrogens with one attached hydrogen (secondary N) is 1. The third kappa shape index (κ3) is 5.33. The number of rotatable bonds is 1. The lowest BCUT2D eigenvalue weighted by atomic mass is 11.2. The van der Waals surface area contributed by atoms with Crippen molar-refractivity contribution in [2.45, 2.75) is 0 Å². The van der Waals surface area contributed by atoms with Crippen LogP contribution in [0, 0.1) is 0 Å². The van der Waals surface area contributed by atoms with Crippen molar-refractivity contribution in [1.82, 2.24) is 5.09 Å². The van der Waals surface area contributed by atoms with Crippen LogP contribution in [0.25, 0.3) is 0 Å². The van der Waals surface area contributed by atoms with Crippen LogP contribution in [0.3, 0.4) is 0 Å². The molecule has 2 amide bonds. The molecule has 0 saturated heterocycles. The summed E-state index contributed by atoms with van der Waals surface area (Å²) in [5.74, 6) is 0. The molecule has 0 heterocycles. The second kappa shape index (κ2) is 2.49. The summed E-state index contributed by atoms with van der Waals surface area (Å²) in [6, 6.07) is -0.997. The molecule has 1 unspecified atom stereocenters. The lowest BCUT2D eigenvalue weighted by Gasteiger charge is -1.74. The smallest absolute Gasteiger partial charge is 0.349 e. The number of hydrogen-bond acceptors (Lipinski definition) is 2. The molecule has 0 bridgehead atoms. The standard InChI is InChI=1S/CH3N2O3P/c2-1(4)3-7(5)6/h(H3-,2,3,4,5,6)/p+1. The van der Waals surface area contributed by atoms with Crippen LogP contribution >= 0.6 is 8.18 Å². The zero-order chi connectivity index (χ0) is 5.86. The lowest BCUT2D eigenvalue weighted by molar-refractivity contribution is 0.253. The summed E-state index contributed by atoms with van der Waals surface area (Å²) in [4.78, 5) is 17.4. The van der Waals surface area contributed by atoms with Crippen molar-refractivity contribution in [3.63, 3.8) is 0 Å². The molecular weight excluding hydrogens is 119 g/mol. The van der Waals surface area contributed by atoms with Crippen LogP contribution in [0.15, 0.2) is 0 Å². The summed E-state index contributed by atoms with van der Waals surface area (Å²) in [5.41, 5.74) is 4.40. The molecule has 40 valence electrons. The summed E-state index contributed by atoms with van der Waals surface area (Å²) in [7, 11) is -2.61. The van der Waals surface area contributed by atoms with Crippen LogP contribution in [0.2, 0.25) is 0 Å². The molecule has 0 fully saturated rings. The molecule has 6 heteroatoms. The largest absolute Gasteiger partial charge is 0.644 e. The topological polar surface area (TPSA) is 92.4 Å². The molecular formula is CH4N2O3P+. The fourth-order valence-corrected chi connectivity index (χ4v) is 0.283. The summed E-state index contributed by atoms with van der Waals surface area (Å²) >= 11 is 0. The third-order valence-corrected chi connectivity index (χ3v) is 0.618. The van der Waals surface area contributed by atoms with E-state index in [9.17, 15) is 9.36 Å². The molecule has 0 aromatic rings. The predicted molar refractivity (Wildman–Crippen MR) is 22.5 cm³/mol. The Bertz CT molecular complexity index is 89.1. The highest BCUT2D eigenvalue weighted by molar-refractivity contribution is 7.36. The highest BCUT2D eigenvalue weighted by Crippen LogP contribution is 2.01. The fourth-order valence-electron chi connectivity index (χ4n) is 0.0943. The monoisotopic (exact) mass is 123 g/mol. The summed E-state index contributed by atoms with van der Waals surface area (Å²) in [6.07, 6.45) is 0. The van der Waals surface area contributed by atoms with E-state index in [-0.39, 0.29) is 0 Å². The Labute approximate surface area is 40.4 Å². The highest BCUT2D eigenvalue weighted by atomic mass is 31.1. The molecule has 7 heavy (non-hydrogen) atoms. The second-order valence-electron chi connectivity index (χ2n) is 0.749. The average molecular weight is 123 g/mol. The van der Waals surface area contributed by atoms with Gasteiger partial charge in [-0.1, -0.05) is 5.09 Å². The van der Waals surface area contributed by atoms with Crippen molar-refractivity contribution < 1.29 is 14.3 Å². The summed E-state index contributed by atoms with van der Waals surface area (Å²) < 4.78 is 9.55. The zero-order valence-corrected chi connectivity index (χ0v) is 4.18. The van der Waals surface area contributed by atoms with Gasteiger partial charge in [-0.3, -0.25) is 0 Å². The maximum absolute atomic E-state index is 9.58. The second-order valence-corrected chi connectivity index (χ2v) is 1.52. The van der Waals surface area contributed by atoms with Gasteiger partial charge in [-0.15, -0.1) is 4.89 Å². The number of nitrogens with two attached hydrogens (primary N) is 1. The van der Waals surface area contributed by atoms with Gasteiger partial charge < -0.3 is 5.73 Å². The lowest BCUT2D eigenvalue weighted by Crippen LogP contribution is -2.22. The number of primary amides is 1. The van der Waals surface area contributed by atoms with E-state index < -0.39 is 14.2 Å².